The summed E-state index contributed by atoms with van der Waals surface area (Å²) in [4.78, 5) is 0. The summed E-state index contributed by atoms with van der Waals surface area (Å²) in [5, 5.41) is 11.2. The standard InChI is InChI=1S/C8H12NO/c1-8(2,10)7-9-5-3-4-6-9/h3-6H,7H2,1-2H3. The van der Waals surface area contributed by atoms with E-state index in [-0.39, 0.29) is 0 Å². The van der Waals surface area contributed by atoms with E-state index >= 15 is 0 Å². The van der Waals surface area contributed by atoms with E-state index in [0.717, 1.165) is 0 Å². The lowest BCUT2D eigenvalue weighted by molar-refractivity contribution is -0.0103. The molecule has 0 N–H and O–H groups in total. The van der Waals surface area contributed by atoms with Crippen LogP contribution in [0.5, 0.6) is 0 Å². The molecule has 1 aromatic heterocycles. The minimum absolute atomic E-state index is 0.542. The highest BCUT2D eigenvalue weighted by Crippen LogP contribution is 2.05. The third-order valence-corrected chi connectivity index (χ3v) is 1.23. The summed E-state index contributed by atoms with van der Waals surface area (Å²) in [6.45, 7) is 3.92. The third-order valence-electron chi connectivity index (χ3n) is 1.23. The van der Waals surface area contributed by atoms with Gasteiger partial charge in [-0.05, 0) is 26.0 Å². The minimum Gasteiger partial charge on any atom is -0.351 e. The van der Waals surface area contributed by atoms with Gasteiger partial charge in [0.15, 0.2) is 0 Å². The predicted molar refractivity (Wildman–Crippen MR) is 39.2 cm³/mol. The van der Waals surface area contributed by atoms with Crippen LogP contribution in [0.3, 0.4) is 0 Å². The smallest absolute Gasteiger partial charge is 0.116 e. The Kier molecular flexibility index (Phi) is 1.81. The van der Waals surface area contributed by atoms with Crippen LogP contribution in [0.1, 0.15) is 13.8 Å². The molecular weight excluding hydrogens is 126 g/mol. The van der Waals surface area contributed by atoms with Crippen LogP contribution in [0.15, 0.2) is 24.5 Å². The lowest BCUT2D eigenvalue weighted by atomic mass is 10.1. The van der Waals surface area contributed by atoms with E-state index < -0.39 is 5.60 Å². The molecule has 0 unspecified atom stereocenters. The molecule has 0 aliphatic carbocycles. The van der Waals surface area contributed by atoms with Crippen molar-refractivity contribution in [2.24, 2.45) is 0 Å². The Balaban J connectivity index is 2.57. The lowest BCUT2D eigenvalue weighted by Gasteiger charge is -2.14. The van der Waals surface area contributed by atoms with Gasteiger partial charge >= 0.3 is 0 Å². The number of nitrogens with zero attached hydrogens (tertiary/aromatic N) is 1. The number of hydrogen-bond donors (Lipinski definition) is 0. The van der Waals surface area contributed by atoms with Crippen molar-refractivity contribution in [1.82, 2.24) is 4.57 Å². The average molecular weight is 138 g/mol. The van der Waals surface area contributed by atoms with Crippen LogP contribution in [0, 0.1) is 0 Å². The average Bonchev–Trinajstić information content (AvgIpc) is 2.12. The van der Waals surface area contributed by atoms with Crippen molar-refractivity contribution in [1.29, 1.82) is 0 Å². The molecule has 0 fully saturated rings. The Bertz CT molecular complexity index is 184. The van der Waals surface area contributed by atoms with Gasteiger partial charge in [0, 0.05) is 12.4 Å². The molecule has 0 amide bonds. The van der Waals surface area contributed by atoms with Crippen molar-refractivity contribution >= 4 is 0 Å². The summed E-state index contributed by atoms with van der Waals surface area (Å²) in [6.07, 6.45) is 3.80. The maximum atomic E-state index is 11.2. The first-order valence-electron chi connectivity index (χ1n) is 3.39. The van der Waals surface area contributed by atoms with E-state index in [1.54, 1.807) is 13.8 Å². The quantitative estimate of drug-likeness (QED) is 0.594. The molecule has 0 saturated heterocycles. The van der Waals surface area contributed by atoms with Gasteiger partial charge in [-0.15, -0.1) is 0 Å². The van der Waals surface area contributed by atoms with Crippen molar-refractivity contribution in [3.05, 3.63) is 24.5 Å². The van der Waals surface area contributed by atoms with E-state index in [0.29, 0.717) is 6.54 Å². The van der Waals surface area contributed by atoms with Gasteiger partial charge in [-0.3, -0.25) is 0 Å². The lowest BCUT2D eigenvalue weighted by Crippen LogP contribution is -2.23. The molecule has 0 atom stereocenters. The summed E-state index contributed by atoms with van der Waals surface area (Å²) in [7, 11) is 0. The molecule has 2 heteroatoms. The fourth-order valence-electron chi connectivity index (χ4n) is 0.915. The van der Waals surface area contributed by atoms with Gasteiger partial charge in [-0.25, -0.2) is 5.11 Å². The van der Waals surface area contributed by atoms with E-state index in [1.807, 2.05) is 29.1 Å². The number of hydrogen-bond acceptors (Lipinski definition) is 0. The minimum atomic E-state index is -0.862. The highest BCUT2D eigenvalue weighted by atomic mass is 16.3. The zero-order valence-corrected chi connectivity index (χ0v) is 6.37. The molecule has 0 aliphatic rings. The van der Waals surface area contributed by atoms with Crippen molar-refractivity contribution in [3.63, 3.8) is 0 Å². The van der Waals surface area contributed by atoms with Crippen molar-refractivity contribution in [2.75, 3.05) is 0 Å². The van der Waals surface area contributed by atoms with Crippen molar-refractivity contribution in [3.8, 4) is 0 Å². The summed E-state index contributed by atoms with van der Waals surface area (Å²) < 4.78 is 1.90. The molecule has 1 rings (SSSR count). The van der Waals surface area contributed by atoms with Crippen molar-refractivity contribution in [2.45, 2.75) is 26.0 Å². The summed E-state index contributed by atoms with van der Waals surface area (Å²) >= 11 is 0. The SMILES string of the molecule is CC(C)([O])Cn1cccc1. The Morgan fingerprint density at radius 2 is 1.80 bits per heavy atom. The summed E-state index contributed by atoms with van der Waals surface area (Å²) in [5.74, 6) is 0. The summed E-state index contributed by atoms with van der Waals surface area (Å²) in [5.41, 5.74) is -0.862. The molecule has 2 nitrogen and oxygen atoms in total. The Hall–Kier alpha value is -0.760. The maximum absolute atomic E-state index is 11.2. The Morgan fingerprint density at radius 1 is 1.30 bits per heavy atom. The zero-order valence-electron chi connectivity index (χ0n) is 6.37. The molecule has 0 aromatic carbocycles. The van der Waals surface area contributed by atoms with E-state index in [2.05, 4.69) is 0 Å². The van der Waals surface area contributed by atoms with Crippen LogP contribution in [0.4, 0.5) is 0 Å². The second kappa shape index (κ2) is 2.46. The van der Waals surface area contributed by atoms with Gasteiger partial charge in [0.25, 0.3) is 0 Å². The Morgan fingerprint density at radius 3 is 2.20 bits per heavy atom. The monoisotopic (exact) mass is 138 g/mol. The molecule has 1 aromatic rings. The second-order valence-electron chi connectivity index (χ2n) is 3.12. The highest BCUT2D eigenvalue weighted by Gasteiger charge is 2.14. The fraction of sp³-hybridized carbons (Fsp3) is 0.500. The first-order valence-corrected chi connectivity index (χ1v) is 3.39. The predicted octanol–water partition coefficient (Wildman–Crippen LogP) is 1.70. The number of aromatic nitrogens is 1. The highest BCUT2D eigenvalue weighted by molar-refractivity contribution is 4.91. The van der Waals surface area contributed by atoms with Crippen LogP contribution in [-0.4, -0.2) is 10.2 Å². The van der Waals surface area contributed by atoms with E-state index in [1.165, 1.54) is 0 Å². The van der Waals surface area contributed by atoms with Crippen molar-refractivity contribution < 1.29 is 5.11 Å². The molecule has 1 radical (unpaired) electrons. The Labute approximate surface area is 61.1 Å². The maximum Gasteiger partial charge on any atom is 0.116 e. The fourth-order valence-corrected chi connectivity index (χ4v) is 0.915. The van der Waals surface area contributed by atoms with Crippen LogP contribution in [0.25, 0.3) is 0 Å². The van der Waals surface area contributed by atoms with Gasteiger partial charge in [-0.1, -0.05) is 0 Å². The second-order valence-corrected chi connectivity index (χ2v) is 3.12. The molecule has 0 bridgehead atoms. The van der Waals surface area contributed by atoms with Crippen LogP contribution < -0.4 is 0 Å². The van der Waals surface area contributed by atoms with Gasteiger partial charge < -0.3 is 4.57 Å². The van der Waals surface area contributed by atoms with Crippen LogP contribution in [-0.2, 0) is 11.7 Å². The van der Waals surface area contributed by atoms with Crippen LogP contribution >= 0.6 is 0 Å². The van der Waals surface area contributed by atoms with Gasteiger partial charge in [-0.2, -0.15) is 0 Å². The molecule has 0 spiro atoms. The number of rotatable bonds is 2. The van der Waals surface area contributed by atoms with Crippen LogP contribution in [0.2, 0.25) is 0 Å². The van der Waals surface area contributed by atoms with E-state index in [4.69, 9.17) is 0 Å². The van der Waals surface area contributed by atoms with Gasteiger partial charge in [0.1, 0.15) is 5.60 Å². The zero-order chi connectivity index (χ0) is 7.61. The summed E-state index contributed by atoms with van der Waals surface area (Å²) in [6, 6.07) is 3.84. The largest absolute Gasteiger partial charge is 0.351 e. The molecule has 1 heterocycles. The normalized spacial score (nSPS) is 11.9. The first kappa shape index (κ1) is 7.35. The molecular formula is C8H12NO. The first-order chi connectivity index (χ1) is 4.58. The molecule has 55 valence electrons. The molecule has 10 heavy (non-hydrogen) atoms. The van der Waals surface area contributed by atoms with Gasteiger partial charge in [0.05, 0.1) is 6.54 Å². The van der Waals surface area contributed by atoms with Gasteiger partial charge in [0.2, 0.25) is 0 Å². The molecule has 0 saturated carbocycles. The third kappa shape index (κ3) is 2.23. The molecule has 0 aliphatic heterocycles. The van der Waals surface area contributed by atoms with E-state index in [9.17, 15) is 5.11 Å². The topological polar surface area (TPSA) is 24.8 Å².